The first-order valence-electron chi connectivity index (χ1n) is 5.47. The molecule has 1 rings (SSSR count). The van der Waals surface area contributed by atoms with E-state index >= 15 is 0 Å². The van der Waals surface area contributed by atoms with Crippen LogP contribution in [0.3, 0.4) is 0 Å². The zero-order valence-corrected chi connectivity index (χ0v) is 10.2. The summed E-state index contributed by atoms with van der Waals surface area (Å²) >= 11 is 0. The summed E-state index contributed by atoms with van der Waals surface area (Å²) in [6.07, 6.45) is 3.44. The van der Waals surface area contributed by atoms with Crippen LogP contribution < -0.4 is 0 Å². The van der Waals surface area contributed by atoms with Crippen LogP contribution in [0.4, 0.5) is 0 Å². The quantitative estimate of drug-likeness (QED) is 0.720. The fraction of sp³-hybridized carbons (Fsp3) is 0.917. The van der Waals surface area contributed by atoms with Gasteiger partial charge in [0.15, 0.2) is 0 Å². The molecule has 3 heteroatoms. The third-order valence-electron chi connectivity index (χ3n) is 3.91. The van der Waals surface area contributed by atoms with Crippen molar-refractivity contribution in [1.82, 2.24) is 0 Å². The van der Waals surface area contributed by atoms with Gasteiger partial charge < -0.3 is 9.47 Å². The van der Waals surface area contributed by atoms with E-state index in [-0.39, 0.29) is 11.2 Å². The highest BCUT2D eigenvalue weighted by atomic mass is 16.5. The summed E-state index contributed by atoms with van der Waals surface area (Å²) in [6, 6.07) is 2.25. The smallest absolute Gasteiger partial charge is 0.0715 e. The molecule has 2 unspecified atom stereocenters. The lowest BCUT2D eigenvalue weighted by atomic mass is 9.69. The Morgan fingerprint density at radius 3 is 2.47 bits per heavy atom. The molecule has 0 amide bonds. The van der Waals surface area contributed by atoms with Gasteiger partial charge in [-0.05, 0) is 26.7 Å². The Labute approximate surface area is 92.4 Å². The van der Waals surface area contributed by atoms with E-state index in [2.05, 4.69) is 19.9 Å². The van der Waals surface area contributed by atoms with Gasteiger partial charge in [-0.1, -0.05) is 0 Å². The Kier molecular flexibility index (Phi) is 3.75. The second-order valence-electron chi connectivity index (χ2n) is 4.95. The highest BCUT2D eigenvalue weighted by Crippen LogP contribution is 2.44. The van der Waals surface area contributed by atoms with Crippen LogP contribution in [0.1, 0.15) is 39.5 Å². The van der Waals surface area contributed by atoms with Gasteiger partial charge in [0.1, 0.15) is 0 Å². The van der Waals surface area contributed by atoms with Crippen LogP contribution in [0, 0.1) is 17.2 Å². The van der Waals surface area contributed by atoms with Gasteiger partial charge in [0.2, 0.25) is 0 Å². The van der Waals surface area contributed by atoms with Crippen LogP contribution in [-0.2, 0) is 9.47 Å². The number of hydrogen-bond donors (Lipinski definition) is 0. The molecule has 1 saturated carbocycles. The number of rotatable bonds is 3. The fourth-order valence-electron chi connectivity index (χ4n) is 2.60. The van der Waals surface area contributed by atoms with E-state index in [0.717, 1.165) is 19.3 Å². The Morgan fingerprint density at radius 2 is 2.00 bits per heavy atom. The maximum absolute atomic E-state index is 8.80. The zero-order chi connectivity index (χ0) is 11.5. The predicted octanol–water partition coefficient (Wildman–Crippen LogP) is 2.51. The molecular weight excluding hydrogens is 190 g/mol. The lowest BCUT2D eigenvalue weighted by Crippen LogP contribution is -2.49. The monoisotopic (exact) mass is 211 g/mol. The Hall–Kier alpha value is -0.590. The van der Waals surface area contributed by atoms with Crippen LogP contribution in [0.25, 0.3) is 0 Å². The van der Waals surface area contributed by atoms with Crippen molar-refractivity contribution in [3.05, 3.63) is 0 Å². The highest BCUT2D eigenvalue weighted by molar-refractivity contribution is 5.00. The first kappa shape index (κ1) is 12.5. The van der Waals surface area contributed by atoms with E-state index in [0.29, 0.717) is 12.3 Å². The minimum atomic E-state index is -0.223. The molecule has 0 heterocycles. The Balaban J connectivity index is 2.79. The van der Waals surface area contributed by atoms with Gasteiger partial charge in [-0.3, -0.25) is 0 Å². The standard InChI is InChI=1S/C12H21NO2/c1-11(14-3)7-5-10(6-8-13)12(2,9-11)15-4/h10H,5-7,9H2,1-4H3/t10-,11?,12?/m0/s1. The van der Waals surface area contributed by atoms with Crippen LogP contribution >= 0.6 is 0 Å². The van der Waals surface area contributed by atoms with Crippen molar-refractivity contribution in [2.75, 3.05) is 14.2 Å². The van der Waals surface area contributed by atoms with Crippen molar-refractivity contribution < 1.29 is 9.47 Å². The molecule has 0 radical (unpaired) electrons. The molecule has 86 valence electrons. The number of methoxy groups -OCH3 is 2. The molecule has 0 spiro atoms. The molecule has 0 aliphatic heterocycles. The Morgan fingerprint density at radius 1 is 1.33 bits per heavy atom. The van der Waals surface area contributed by atoms with Crippen LogP contribution in [0.15, 0.2) is 0 Å². The minimum absolute atomic E-state index is 0.100. The predicted molar refractivity (Wildman–Crippen MR) is 58.4 cm³/mol. The van der Waals surface area contributed by atoms with E-state index in [1.807, 2.05) is 0 Å². The summed E-state index contributed by atoms with van der Waals surface area (Å²) < 4.78 is 11.1. The molecule has 1 fully saturated rings. The fourth-order valence-corrected chi connectivity index (χ4v) is 2.60. The number of nitriles is 1. The maximum atomic E-state index is 8.80. The minimum Gasteiger partial charge on any atom is -0.378 e. The van der Waals surface area contributed by atoms with Gasteiger partial charge in [-0.15, -0.1) is 0 Å². The van der Waals surface area contributed by atoms with Gasteiger partial charge in [0.25, 0.3) is 0 Å². The largest absolute Gasteiger partial charge is 0.378 e. The second-order valence-corrected chi connectivity index (χ2v) is 4.95. The van der Waals surface area contributed by atoms with E-state index in [1.54, 1.807) is 14.2 Å². The van der Waals surface area contributed by atoms with Crippen molar-refractivity contribution in [3.63, 3.8) is 0 Å². The normalized spacial score (nSPS) is 41.1. The van der Waals surface area contributed by atoms with Crippen molar-refractivity contribution >= 4 is 0 Å². The number of nitrogens with zero attached hydrogens (tertiary/aromatic N) is 1. The molecule has 0 aromatic rings. The summed E-state index contributed by atoms with van der Waals surface area (Å²) in [5, 5.41) is 8.80. The molecule has 3 nitrogen and oxygen atoms in total. The van der Waals surface area contributed by atoms with Gasteiger partial charge in [-0.2, -0.15) is 5.26 Å². The number of ether oxygens (including phenoxy) is 2. The topological polar surface area (TPSA) is 42.2 Å². The van der Waals surface area contributed by atoms with Gasteiger partial charge >= 0.3 is 0 Å². The van der Waals surface area contributed by atoms with Crippen molar-refractivity contribution in [3.8, 4) is 6.07 Å². The van der Waals surface area contributed by atoms with E-state index in [4.69, 9.17) is 14.7 Å². The lowest BCUT2D eigenvalue weighted by molar-refractivity contribution is -0.146. The van der Waals surface area contributed by atoms with Gasteiger partial charge in [-0.25, -0.2) is 0 Å². The molecule has 15 heavy (non-hydrogen) atoms. The third kappa shape index (κ3) is 2.50. The van der Waals surface area contributed by atoms with Crippen LogP contribution in [-0.4, -0.2) is 25.4 Å². The van der Waals surface area contributed by atoms with Gasteiger partial charge in [0, 0.05) is 33.0 Å². The first-order valence-corrected chi connectivity index (χ1v) is 5.47. The molecule has 1 aliphatic rings. The zero-order valence-electron chi connectivity index (χ0n) is 10.2. The Bertz CT molecular complexity index is 261. The SMILES string of the molecule is COC1(C)CC[C@@H](CC#N)C(C)(OC)C1. The van der Waals surface area contributed by atoms with Crippen molar-refractivity contribution in [2.24, 2.45) is 5.92 Å². The molecule has 3 atom stereocenters. The molecule has 0 N–H and O–H groups in total. The van der Waals surface area contributed by atoms with E-state index < -0.39 is 0 Å². The van der Waals surface area contributed by atoms with Crippen LogP contribution in [0.5, 0.6) is 0 Å². The second kappa shape index (κ2) is 4.51. The van der Waals surface area contributed by atoms with Gasteiger partial charge in [0.05, 0.1) is 17.3 Å². The maximum Gasteiger partial charge on any atom is 0.0715 e. The highest BCUT2D eigenvalue weighted by Gasteiger charge is 2.45. The molecule has 0 aromatic heterocycles. The third-order valence-corrected chi connectivity index (χ3v) is 3.91. The first-order chi connectivity index (χ1) is 6.99. The summed E-state index contributed by atoms with van der Waals surface area (Å²) in [6.45, 7) is 4.21. The summed E-state index contributed by atoms with van der Waals surface area (Å²) in [5.41, 5.74) is -0.324. The van der Waals surface area contributed by atoms with Crippen molar-refractivity contribution in [2.45, 2.75) is 50.7 Å². The summed E-state index contributed by atoms with van der Waals surface area (Å²) in [7, 11) is 3.48. The summed E-state index contributed by atoms with van der Waals surface area (Å²) in [5.74, 6) is 0.329. The van der Waals surface area contributed by atoms with Crippen molar-refractivity contribution in [1.29, 1.82) is 5.26 Å². The lowest BCUT2D eigenvalue weighted by Gasteiger charge is -2.47. The average molecular weight is 211 g/mol. The van der Waals surface area contributed by atoms with E-state index in [1.165, 1.54) is 0 Å². The average Bonchev–Trinajstić information content (AvgIpc) is 2.23. The summed E-state index contributed by atoms with van der Waals surface area (Å²) in [4.78, 5) is 0. The number of hydrogen-bond acceptors (Lipinski definition) is 3. The molecule has 0 saturated heterocycles. The molecule has 0 bridgehead atoms. The van der Waals surface area contributed by atoms with Crippen LogP contribution in [0.2, 0.25) is 0 Å². The van der Waals surface area contributed by atoms with E-state index in [9.17, 15) is 0 Å². The molecule has 1 aliphatic carbocycles. The molecular formula is C12H21NO2. The molecule has 0 aromatic carbocycles.